The predicted molar refractivity (Wildman–Crippen MR) is 275 cm³/mol. The molecule has 0 spiro atoms. The van der Waals surface area contributed by atoms with Gasteiger partial charge in [-0.1, -0.05) is 65.4 Å². The molecule has 0 unspecified atom stereocenters. The molecule has 20 heteroatoms. The van der Waals surface area contributed by atoms with Crippen LogP contribution in [0, 0.1) is 24.2 Å². The number of aliphatic hydroxyl groups is 2. The van der Waals surface area contributed by atoms with Gasteiger partial charge in [-0.25, -0.2) is 9.36 Å². The summed E-state index contributed by atoms with van der Waals surface area (Å²) in [6, 6.07) is 30.1. The molecule has 72 heavy (non-hydrogen) atoms. The van der Waals surface area contributed by atoms with Crippen LogP contribution in [-0.4, -0.2) is 128 Å². The molecule has 2 saturated heterocycles. The van der Waals surface area contributed by atoms with Crippen molar-refractivity contribution >= 4 is 61.4 Å². The van der Waals surface area contributed by atoms with Crippen molar-refractivity contribution in [3.63, 3.8) is 0 Å². The maximum absolute atomic E-state index is 12.2. The van der Waals surface area contributed by atoms with Crippen LogP contribution < -0.4 is 11.5 Å². The first-order valence-electron chi connectivity index (χ1n) is 22.3. The third-order valence-electron chi connectivity index (χ3n) is 11.7. The van der Waals surface area contributed by atoms with Crippen molar-refractivity contribution in [1.29, 1.82) is 0 Å². The molecule has 0 aliphatic carbocycles. The normalized spacial score (nSPS) is 17.0. The maximum atomic E-state index is 12.2. The minimum Gasteiger partial charge on any atom is -0.369 e. The smallest absolute Gasteiger partial charge is 0.269 e. The monoisotopic (exact) mass is 1040 g/mol. The van der Waals surface area contributed by atoms with Crippen molar-refractivity contribution < 1.29 is 35.2 Å². The Balaban J connectivity index is 0.000000194. The van der Waals surface area contributed by atoms with E-state index in [0.29, 0.717) is 47.1 Å². The second-order valence-electron chi connectivity index (χ2n) is 16.6. The van der Waals surface area contributed by atoms with Gasteiger partial charge in [-0.2, -0.15) is 20.4 Å². The van der Waals surface area contributed by atoms with Gasteiger partial charge in [-0.15, -0.1) is 6.42 Å². The summed E-state index contributed by atoms with van der Waals surface area (Å²) >= 11 is 3.46. The van der Waals surface area contributed by atoms with Crippen molar-refractivity contribution in [3.8, 4) is 58.1 Å². The minimum absolute atomic E-state index is 0. The standard InChI is InChI=1S/C25H22N6O3.C18H14BrN5O.C7H9NO2.CH3F.CH4/c1-29-13-11-25(34,24(29)33)10-8-16-4-3-5-18(14-16)31-21-7-6-17(20-9-12-30(2)27-20)15-19(21)22(28-31)23(26)32;1-23-8-7-15(21-23)11-5-6-16-14(9-11)17(18(20)25)22-24(16)13-4-2-3-12(19)10-13;1-3-7(10)4-5-8(2)6(7)9;1-2;/h3-7,9,12,14-15,34H,11,13H2,1-2H3,(H2,26,32);2-10H,1H3,(H2,20,25);1,10H,4-5H2,2H3;1H3;1H4/t25-;;7-;;/m0.0../s1/i;;;1D;. The van der Waals surface area contributed by atoms with Crippen molar-refractivity contribution in [2.75, 3.05) is 34.3 Å². The summed E-state index contributed by atoms with van der Waals surface area (Å²) in [4.78, 5) is 50.1. The van der Waals surface area contributed by atoms with E-state index in [2.05, 4.69) is 54.1 Å². The van der Waals surface area contributed by atoms with Crippen LogP contribution in [0.2, 0.25) is 0 Å². The number of fused-ring (bicyclic) bond motifs is 2. The fourth-order valence-electron chi connectivity index (χ4n) is 7.91. The Morgan fingerprint density at radius 2 is 1.17 bits per heavy atom. The summed E-state index contributed by atoms with van der Waals surface area (Å²) in [6.07, 6.45) is 9.30. The number of hydrogen-bond donors (Lipinski definition) is 4. The first-order valence-corrected chi connectivity index (χ1v) is 22.4. The molecule has 4 aromatic heterocycles. The molecule has 0 saturated carbocycles. The number of likely N-dealkylation sites (tertiary alicyclic amines) is 2. The van der Waals surface area contributed by atoms with Crippen molar-refractivity contribution in [2.24, 2.45) is 25.6 Å². The highest BCUT2D eigenvalue weighted by Gasteiger charge is 2.43. The number of primary amides is 2. The number of nitrogens with two attached hydrogens (primary N) is 2. The van der Waals surface area contributed by atoms with E-state index in [1.165, 1.54) is 9.80 Å². The van der Waals surface area contributed by atoms with Gasteiger partial charge < -0.3 is 31.5 Å². The predicted octanol–water partition coefficient (Wildman–Crippen LogP) is 5.19. The number of aromatic nitrogens is 8. The molecule has 4 amide bonds. The van der Waals surface area contributed by atoms with Crippen LogP contribution in [0.5, 0.6) is 0 Å². The molecule has 6 N–H and O–H groups in total. The fourth-order valence-corrected chi connectivity index (χ4v) is 8.29. The third kappa shape index (κ3) is 10.8. The van der Waals surface area contributed by atoms with Crippen molar-refractivity contribution in [3.05, 3.63) is 131 Å². The number of likely N-dealkylation sites (N-methyl/N-ethyl adjacent to an activating group) is 2. The quantitative estimate of drug-likeness (QED) is 0.159. The molecule has 0 bridgehead atoms. The van der Waals surface area contributed by atoms with Gasteiger partial charge in [0.2, 0.25) is 11.2 Å². The number of carbonyl (C=O) groups is 4. The molecule has 10 rings (SSSR count). The Kier molecular flexibility index (Phi) is 15.5. The number of halogens is 2. The van der Waals surface area contributed by atoms with Crippen LogP contribution in [0.15, 0.2) is 114 Å². The van der Waals surface area contributed by atoms with Gasteiger partial charge in [0, 0.05) is 98.5 Å². The average molecular weight is 1040 g/mol. The van der Waals surface area contributed by atoms with Crippen LogP contribution in [0.25, 0.3) is 55.7 Å². The lowest BCUT2D eigenvalue weighted by Gasteiger charge is -2.13. The summed E-state index contributed by atoms with van der Waals surface area (Å²) in [6.45, 7) is 0.999. The number of benzene rings is 4. The molecular formula is C52H52BrFN12O6. The van der Waals surface area contributed by atoms with E-state index in [-0.39, 0.29) is 31.1 Å². The molecular weight excluding hydrogens is 988 g/mol. The van der Waals surface area contributed by atoms with Gasteiger partial charge in [-0.05, 0) is 72.8 Å². The number of carbonyl (C=O) groups excluding carboxylic acids is 4. The lowest BCUT2D eigenvalue weighted by atomic mass is 10.0. The van der Waals surface area contributed by atoms with Gasteiger partial charge in [0.05, 0.1) is 42.3 Å². The SMILES string of the molecule is C.C#C[C@]1(O)CCN(C)C1=O.CN1CC[C@@](O)(C#Cc2cccc(-n3nc(C(N)=O)c4cc(-c5ccn(C)n5)ccc43)c2)C1=O.Cn1ccc(-c2ccc3c(c2)c(C(N)=O)nn3-c2cccc(Br)c2)n1.[2H]CF. The van der Waals surface area contributed by atoms with E-state index in [4.69, 9.17) is 19.3 Å². The largest absolute Gasteiger partial charge is 0.369 e. The second kappa shape index (κ2) is 21.7. The van der Waals surface area contributed by atoms with Crippen molar-refractivity contribution in [2.45, 2.75) is 31.5 Å². The number of hydrogen-bond acceptors (Lipinski definition) is 10. The zero-order valence-electron chi connectivity index (χ0n) is 39.9. The number of alkyl halides is 1. The molecule has 0 radical (unpaired) electrons. The summed E-state index contributed by atoms with van der Waals surface area (Å²) in [5.74, 6) is 5.76. The van der Waals surface area contributed by atoms with E-state index in [0.717, 1.165) is 38.2 Å². The zero-order valence-corrected chi connectivity index (χ0v) is 40.5. The Labute approximate surface area is 424 Å². The van der Waals surface area contributed by atoms with Gasteiger partial charge in [0.25, 0.3) is 23.6 Å². The average Bonchev–Trinajstić information content (AvgIpc) is 4.24. The second-order valence-corrected chi connectivity index (χ2v) is 17.5. The van der Waals surface area contributed by atoms with Gasteiger partial charge in [0.1, 0.15) is 0 Å². The van der Waals surface area contributed by atoms with Crippen LogP contribution >= 0.6 is 15.9 Å². The topological polar surface area (TPSA) is 239 Å². The fraction of sp³-hybridized carbons (Fsp3) is 0.231. The summed E-state index contributed by atoms with van der Waals surface area (Å²) in [5.41, 5.74) is 15.3. The molecule has 4 aromatic carbocycles. The molecule has 2 aliphatic heterocycles. The molecule has 18 nitrogen and oxygen atoms in total. The van der Waals surface area contributed by atoms with Gasteiger partial charge in [-0.3, -0.25) is 32.9 Å². The van der Waals surface area contributed by atoms with Crippen LogP contribution in [-0.2, 0) is 23.7 Å². The van der Waals surface area contributed by atoms with E-state index in [9.17, 15) is 33.8 Å². The van der Waals surface area contributed by atoms with Crippen LogP contribution in [0.3, 0.4) is 0 Å². The Morgan fingerprint density at radius 3 is 1.56 bits per heavy atom. The Hall–Kier alpha value is -8.43. The highest BCUT2D eigenvalue weighted by Crippen LogP contribution is 2.30. The third-order valence-corrected chi connectivity index (χ3v) is 12.2. The number of rotatable bonds is 6. The Bertz CT molecular complexity index is 3500. The first kappa shape index (κ1) is 51.4. The molecule has 6 heterocycles. The summed E-state index contributed by atoms with van der Waals surface area (Å²) < 4.78 is 23.2. The van der Waals surface area contributed by atoms with E-state index in [1.807, 2.05) is 105 Å². The minimum atomic E-state index is -1.68. The van der Waals surface area contributed by atoms with E-state index in [1.54, 1.807) is 51.0 Å². The summed E-state index contributed by atoms with van der Waals surface area (Å²) in [5, 5.41) is 38.9. The molecule has 2 fully saturated rings. The van der Waals surface area contributed by atoms with E-state index >= 15 is 0 Å². The summed E-state index contributed by atoms with van der Waals surface area (Å²) in [7, 11) is 5.96. The number of nitrogens with zero attached hydrogens (tertiary/aromatic N) is 10. The van der Waals surface area contributed by atoms with Crippen LogP contribution in [0.4, 0.5) is 4.39 Å². The number of terminal acetylenes is 1. The van der Waals surface area contributed by atoms with Crippen LogP contribution in [0.1, 0.15) is 48.2 Å². The lowest BCUT2D eigenvalue weighted by molar-refractivity contribution is -0.138. The molecule has 2 atom stereocenters. The first-order chi connectivity index (χ1) is 34.3. The highest BCUT2D eigenvalue weighted by atomic mass is 79.9. The molecule has 370 valence electrons. The van der Waals surface area contributed by atoms with Gasteiger partial charge in [0.15, 0.2) is 11.4 Å². The van der Waals surface area contributed by atoms with E-state index < -0.39 is 36.1 Å². The molecule has 2 aliphatic rings. The molecule has 8 aromatic rings. The Morgan fingerprint density at radius 1 is 0.708 bits per heavy atom. The highest BCUT2D eigenvalue weighted by molar-refractivity contribution is 9.10. The van der Waals surface area contributed by atoms with Crippen molar-refractivity contribution in [1.82, 2.24) is 48.9 Å². The maximum Gasteiger partial charge on any atom is 0.269 e. The van der Waals surface area contributed by atoms with Gasteiger partial charge >= 0.3 is 0 Å². The number of aryl methyl sites for hydroxylation is 2. The zero-order chi connectivity index (χ0) is 52.1. The number of amides is 4. The lowest BCUT2D eigenvalue weighted by Crippen LogP contribution is -2.37.